The van der Waals surface area contributed by atoms with Crippen LogP contribution in [0.1, 0.15) is 57.3 Å². The van der Waals surface area contributed by atoms with E-state index >= 15 is 0 Å². The zero-order valence-electron chi connectivity index (χ0n) is 22.2. The molecule has 0 fully saturated rings. The monoisotopic (exact) mass is 510 g/mol. The van der Waals surface area contributed by atoms with E-state index in [4.69, 9.17) is 9.98 Å². The molecule has 2 heterocycles. The van der Waals surface area contributed by atoms with E-state index in [1.54, 1.807) is 0 Å². The number of fused-ring (bicyclic) bond motifs is 7. The van der Waals surface area contributed by atoms with Crippen LogP contribution in [0.2, 0.25) is 0 Å². The van der Waals surface area contributed by atoms with Gasteiger partial charge in [-0.05, 0) is 140 Å². The molecule has 0 aromatic heterocycles. The highest BCUT2D eigenvalue weighted by molar-refractivity contribution is 6.10. The minimum absolute atomic E-state index is 0.894. The lowest BCUT2D eigenvalue weighted by molar-refractivity contribution is 1.24. The molecule has 0 saturated carbocycles. The summed E-state index contributed by atoms with van der Waals surface area (Å²) >= 11 is 0. The van der Waals surface area contributed by atoms with Gasteiger partial charge in [0.05, 0.1) is 22.8 Å². The molecule has 4 aliphatic carbocycles. The van der Waals surface area contributed by atoms with Gasteiger partial charge in [0, 0.05) is 12.8 Å². The normalized spacial score (nSPS) is 18.8. The highest BCUT2D eigenvalue weighted by Crippen LogP contribution is 2.43. The minimum atomic E-state index is 0.894. The molecule has 0 atom stereocenters. The van der Waals surface area contributed by atoms with Crippen molar-refractivity contribution in [3.05, 3.63) is 141 Å². The van der Waals surface area contributed by atoms with Gasteiger partial charge in [-0.25, -0.2) is 0 Å². The third-order valence-electron chi connectivity index (χ3n) is 9.81. The van der Waals surface area contributed by atoms with Crippen LogP contribution >= 0.6 is 0 Å². The molecule has 188 valence electrons. The summed E-state index contributed by atoms with van der Waals surface area (Å²) in [6, 6.07) is 23.3. The van der Waals surface area contributed by atoms with E-state index in [2.05, 4.69) is 85.0 Å². The van der Waals surface area contributed by atoms with E-state index in [9.17, 15) is 0 Å². The predicted molar refractivity (Wildman–Crippen MR) is 165 cm³/mol. The molecule has 4 aromatic carbocycles. The van der Waals surface area contributed by atoms with E-state index < -0.39 is 0 Å². The highest BCUT2D eigenvalue weighted by atomic mass is 14.8. The van der Waals surface area contributed by atoms with Crippen LogP contribution in [0.5, 0.6) is 0 Å². The van der Waals surface area contributed by atoms with Crippen LogP contribution in [0.4, 0.5) is 11.4 Å². The van der Waals surface area contributed by atoms with Crippen LogP contribution in [0, 0.1) is 0 Å². The van der Waals surface area contributed by atoms with Crippen molar-refractivity contribution in [3.8, 4) is 0 Å². The predicted octanol–water partition coefficient (Wildman–Crippen LogP) is 8.73. The molecule has 0 spiro atoms. The summed E-state index contributed by atoms with van der Waals surface area (Å²) in [5, 5.41) is 2.53. The van der Waals surface area contributed by atoms with Crippen molar-refractivity contribution in [1.82, 2.24) is 0 Å². The fourth-order valence-corrected chi connectivity index (χ4v) is 7.81. The van der Waals surface area contributed by atoms with E-state index in [0.29, 0.717) is 0 Å². The average Bonchev–Trinajstić information content (AvgIpc) is 3.78. The number of hydrogen-bond acceptors (Lipinski definition) is 2. The molecule has 2 nitrogen and oxygen atoms in total. The SMILES string of the molecule is C1=CC2=C(C1)c1ccc(C3=Nc4cc5cc6c(cc5cc4C3)N=C(c3ccc4c(c3)CC3=C4CC=C3)C6)cc1C2. The fraction of sp³-hybridized carbons (Fsp3) is 0.158. The molecule has 0 N–H and O–H groups in total. The van der Waals surface area contributed by atoms with Crippen molar-refractivity contribution in [2.24, 2.45) is 9.98 Å². The van der Waals surface area contributed by atoms with Crippen LogP contribution in [-0.4, -0.2) is 11.4 Å². The quantitative estimate of drug-likeness (QED) is 0.258. The third-order valence-corrected chi connectivity index (χ3v) is 9.81. The van der Waals surface area contributed by atoms with Crippen molar-refractivity contribution in [2.75, 3.05) is 0 Å². The van der Waals surface area contributed by atoms with Crippen LogP contribution in [0.25, 0.3) is 21.9 Å². The zero-order valence-corrected chi connectivity index (χ0v) is 22.2. The van der Waals surface area contributed by atoms with Crippen LogP contribution < -0.4 is 0 Å². The van der Waals surface area contributed by atoms with Gasteiger partial charge >= 0.3 is 0 Å². The highest BCUT2D eigenvalue weighted by Gasteiger charge is 2.26. The van der Waals surface area contributed by atoms with Crippen LogP contribution in [0.15, 0.2) is 106 Å². The van der Waals surface area contributed by atoms with E-state index in [1.807, 2.05) is 0 Å². The molecular weight excluding hydrogens is 484 g/mol. The van der Waals surface area contributed by atoms with Gasteiger partial charge in [-0.15, -0.1) is 0 Å². The first-order valence-electron chi connectivity index (χ1n) is 14.5. The first-order valence-corrected chi connectivity index (χ1v) is 14.5. The Balaban J connectivity index is 0.945. The van der Waals surface area contributed by atoms with Gasteiger partial charge in [-0.2, -0.15) is 0 Å². The number of aliphatic imine (C=N–C) groups is 2. The lowest BCUT2D eigenvalue weighted by atomic mass is 9.95. The zero-order chi connectivity index (χ0) is 25.9. The van der Waals surface area contributed by atoms with Crippen molar-refractivity contribution < 1.29 is 0 Å². The topological polar surface area (TPSA) is 24.7 Å². The lowest BCUT2D eigenvalue weighted by Gasteiger charge is -2.07. The molecule has 6 aliphatic rings. The Bertz CT molecular complexity index is 1940. The summed E-state index contributed by atoms with van der Waals surface area (Å²) in [4.78, 5) is 10.3. The molecular formula is C38H26N2. The van der Waals surface area contributed by atoms with Crippen LogP contribution in [-0.2, 0) is 25.7 Å². The maximum Gasteiger partial charge on any atom is 0.0675 e. The first-order chi connectivity index (χ1) is 19.7. The second kappa shape index (κ2) is 7.55. The van der Waals surface area contributed by atoms with Gasteiger partial charge < -0.3 is 0 Å². The third kappa shape index (κ3) is 2.94. The fourth-order valence-electron chi connectivity index (χ4n) is 7.81. The average molecular weight is 511 g/mol. The molecule has 0 amide bonds. The molecule has 2 heteroatoms. The number of rotatable bonds is 2. The first kappa shape index (κ1) is 21.3. The Labute approximate surface area is 233 Å². The molecule has 0 radical (unpaired) electrons. The van der Waals surface area contributed by atoms with Crippen LogP contribution in [0.3, 0.4) is 0 Å². The van der Waals surface area contributed by atoms with Gasteiger partial charge in [-0.1, -0.05) is 48.6 Å². The van der Waals surface area contributed by atoms with Crippen molar-refractivity contribution >= 4 is 44.7 Å². The number of hydrogen-bond donors (Lipinski definition) is 0. The Morgan fingerprint density at radius 1 is 0.475 bits per heavy atom. The number of benzene rings is 4. The largest absolute Gasteiger partial charge is 0.252 e. The summed E-state index contributed by atoms with van der Waals surface area (Å²) in [6.45, 7) is 0. The summed E-state index contributed by atoms with van der Waals surface area (Å²) in [5.41, 5.74) is 21.7. The smallest absolute Gasteiger partial charge is 0.0675 e. The maximum atomic E-state index is 5.13. The maximum absolute atomic E-state index is 5.13. The minimum Gasteiger partial charge on any atom is -0.252 e. The Morgan fingerprint density at radius 3 is 1.48 bits per heavy atom. The molecule has 4 aromatic rings. The van der Waals surface area contributed by atoms with E-state index in [0.717, 1.165) is 49.9 Å². The van der Waals surface area contributed by atoms with E-state index in [1.165, 1.54) is 89.0 Å². The lowest BCUT2D eigenvalue weighted by Crippen LogP contribution is -2.02. The summed E-state index contributed by atoms with van der Waals surface area (Å²) in [6.07, 6.45) is 15.3. The number of allylic oxidation sites excluding steroid dienone is 8. The second-order valence-electron chi connectivity index (χ2n) is 12.1. The summed E-state index contributed by atoms with van der Waals surface area (Å²) < 4.78 is 0. The van der Waals surface area contributed by atoms with Crippen molar-refractivity contribution in [3.63, 3.8) is 0 Å². The molecule has 0 unspecified atom stereocenters. The molecule has 10 rings (SSSR count). The Morgan fingerprint density at radius 2 is 0.975 bits per heavy atom. The van der Waals surface area contributed by atoms with E-state index in [-0.39, 0.29) is 0 Å². The standard InChI is InChI=1S/C38H26N2/c1-3-21-11-27-13-23(7-9-33(27)31(21)5-1)35-19-29-15-25-18-38-30(16-26(25)17-37(29)39-35)20-36(40-38)24-8-10-34-28(14-24)12-22-4-2-6-32(22)34/h1-4,7-10,13-18H,5-6,11-12,19-20H2. The van der Waals surface area contributed by atoms with Gasteiger partial charge in [0.15, 0.2) is 0 Å². The number of nitrogens with zero attached hydrogens (tertiary/aromatic N) is 2. The van der Waals surface area contributed by atoms with Gasteiger partial charge in [0.1, 0.15) is 0 Å². The molecule has 40 heavy (non-hydrogen) atoms. The molecule has 0 bridgehead atoms. The molecule has 0 saturated heterocycles. The summed E-state index contributed by atoms with van der Waals surface area (Å²) in [5.74, 6) is 0. The molecule has 2 aliphatic heterocycles. The van der Waals surface area contributed by atoms with Crippen molar-refractivity contribution in [2.45, 2.75) is 38.5 Å². The van der Waals surface area contributed by atoms with Gasteiger partial charge in [-0.3, -0.25) is 9.98 Å². The Hall–Kier alpha value is -4.56. The van der Waals surface area contributed by atoms with Gasteiger partial charge in [0.2, 0.25) is 0 Å². The Kier molecular flexibility index (Phi) is 4.02. The second-order valence-corrected chi connectivity index (χ2v) is 12.1. The summed E-state index contributed by atoms with van der Waals surface area (Å²) in [7, 11) is 0. The van der Waals surface area contributed by atoms with Crippen molar-refractivity contribution in [1.29, 1.82) is 0 Å². The van der Waals surface area contributed by atoms with Gasteiger partial charge in [0.25, 0.3) is 0 Å².